The highest BCUT2D eigenvalue weighted by Crippen LogP contribution is 2.24. The van der Waals surface area contributed by atoms with E-state index in [1.807, 2.05) is 18.5 Å². The predicted molar refractivity (Wildman–Crippen MR) is 68.8 cm³/mol. The van der Waals surface area contributed by atoms with Gasteiger partial charge in [0, 0.05) is 11.6 Å². The lowest BCUT2D eigenvalue weighted by atomic mass is 10.3. The number of nitrogens with zero attached hydrogens (tertiary/aromatic N) is 1. The third kappa shape index (κ3) is 1.96. The molecule has 2 heterocycles. The summed E-state index contributed by atoms with van der Waals surface area (Å²) >= 11 is 1.63. The van der Waals surface area contributed by atoms with Crippen molar-refractivity contribution >= 4 is 36.2 Å². The second kappa shape index (κ2) is 3.68. The van der Waals surface area contributed by atoms with Crippen molar-refractivity contribution in [3.8, 4) is 0 Å². The average Bonchev–Trinajstić information content (AvgIpc) is 2.59. The minimum Gasteiger partial charge on any atom is -0.463 e. The van der Waals surface area contributed by atoms with Gasteiger partial charge < -0.3 is 4.42 Å². The van der Waals surface area contributed by atoms with Crippen molar-refractivity contribution in [2.45, 2.75) is 24.7 Å². The molecule has 0 aliphatic carbocycles. The van der Waals surface area contributed by atoms with Crippen LogP contribution in [0.4, 0.5) is 0 Å². The van der Waals surface area contributed by atoms with Gasteiger partial charge in [-0.05, 0) is 18.4 Å². The smallest absolute Gasteiger partial charge is 0.165 e. The molecule has 2 aromatic heterocycles. The van der Waals surface area contributed by atoms with Crippen molar-refractivity contribution in [3.05, 3.63) is 18.3 Å². The molecule has 2 aromatic rings. The van der Waals surface area contributed by atoms with E-state index in [0.717, 1.165) is 16.0 Å². The van der Waals surface area contributed by atoms with Crippen molar-refractivity contribution in [2.24, 2.45) is 0 Å². The molecule has 0 aliphatic rings. The van der Waals surface area contributed by atoms with Crippen molar-refractivity contribution in [1.29, 1.82) is 0 Å². The number of hydrogen-bond acceptors (Lipinski definition) is 3. The van der Waals surface area contributed by atoms with E-state index in [9.17, 15) is 0 Å². The summed E-state index contributed by atoms with van der Waals surface area (Å²) in [5.74, 6) is 0. The fraction of sp³-hybridized carbons (Fsp3) is 0.364. The Morgan fingerprint density at radius 1 is 1.33 bits per heavy atom. The normalized spacial score (nSPS) is 12.3. The van der Waals surface area contributed by atoms with Gasteiger partial charge in [0.2, 0.25) is 0 Å². The van der Waals surface area contributed by atoms with Gasteiger partial charge in [-0.2, -0.15) is 0 Å². The zero-order valence-corrected chi connectivity index (χ0v) is 11.3. The molecule has 80 valence electrons. The van der Waals surface area contributed by atoms with Crippen LogP contribution in [0.2, 0.25) is 19.6 Å². The number of furan rings is 1. The summed E-state index contributed by atoms with van der Waals surface area (Å²) in [7, 11) is -1.36. The lowest BCUT2D eigenvalue weighted by Crippen LogP contribution is -2.36. The maximum absolute atomic E-state index is 5.93. The maximum Gasteiger partial charge on any atom is 0.165 e. The summed E-state index contributed by atoms with van der Waals surface area (Å²) in [6, 6.07) is 4.19. The van der Waals surface area contributed by atoms with Crippen molar-refractivity contribution in [2.75, 3.05) is 6.26 Å². The number of aromatic nitrogens is 1. The molecule has 0 amide bonds. The lowest BCUT2D eigenvalue weighted by molar-refractivity contribution is 0.636. The molecule has 4 heteroatoms. The first-order valence-corrected chi connectivity index (χ1v) is 9.68. The van der Waals surface area contributed by atoms with Gasteiger partial charge >= 0.3 is 0 Å². The molecule has 2 nitrogen and oxygen atoms in total. The molecule has 0 aliphatic heterocycles. The van der Waals surface area contributed by atoms with Crippen molar-refractivity contribution in [1.82, 2.24) is 4.98 Å². The minimum atomic E-state index is -1.36. The van der Waals surface area contributed by atoms with Crippen LogP contribution in [0.5, 0.6) is 0 Å². The van der Waals surface area contributed by atoms with Crippen LogP contribution in [0.15, 0.2) is 27.8 Å². The Bertz CT molecular complexity index is 487. The molecule has 0 atom stereocenters. The Hall–Kier alpha value is -0.743. The molecule has 0 radical (unpaired) electrons. The Labute approximate surface area is 95.1 Å². The zero-order chi connectivity index (χ0) is 11.1. The molecule has 0 spiro atoms. The largest absolute Gasteiger partial charge is 0.463 e. The van der Waals surface area contributed by atoms with E-state index >= 15 is 0 Å². The third-order valence-electron chi connectivity index (χ3n) is 2.33. The molecular weight excluding hydrogens is 222 g/mol. The molecular formula is C11H15NOSSi. The van der Waals surface area contributed by atoms with Gasteiger partial charge in [-0.15, -0.1) is 11.8 Å². The van der Waals surface area contributed by atoms with E-state index in [2.05, 4.69) is 30.7 Å². The monoisotopic (exact) mass is 237 g/mol. The van der Waals surface area contributed by atoms with Crippen LogP contribution in [-0.2, 0) is 0 Å². The summed E-state index contributed by atoms with van der Waals surface area (Å²) < 4.78 is 5.93. The first-order valence-electron chi connectivity index (χ1n) is 4.95. The van der Waals surface area contributed by atoms with Gasteiger partial charge in [0.05, 0.1) is 5.38 Å². The number of hydrogen-bond donors (Lipinski definition) is 0. The fourth-order valence-electron chi connectivity index (χ4n) is 1.45. The number of pyridine rings is 1. The molecule has 0 bridgehead atoms. The highest BCUT2D eigenvalue weighted by Gasteiger charge is 2.22. The van der Waals surface area contributed by atoms with E-state index in [4.69, 9.17) is 4.42 Å². The van der Waals surface area contributed by atoms with Gasteiger partial charge in [0.1, 0.15) is 13.1 Å². The van der Waals surface area contributed by atoms with Gasteiger partial charge in [-0.3, -0.25) is 0 Å². The number of thioether (sulfide) groups is 1. The van der Waals surface area contributed by atoms with E-state index in [1.165, 1.54) is 5.39 Å². The van der Waals surface area contributed by atoms with Gasteiger partial charge in [0.15, 0.2) is 5.58 Å². The Kier molecular flexibility index (Phi) is 2.64. The summed E-state index contributed by atoms with van der Waals surface area (Å²) in [5, 5.41) is 3.31. The van der Waals surface area contributed by atoms with E-state index in [-0.39, 0.29) is 0 Å². The summed E-state index contributed by atoms with van der Waals surface area (Å²) in [6.07, 6.45) is 3.87. The molecule has 0 unspecified atom stereocenters. The van der Waals surface area contributed by atoms with E-state index in [1.54, 1.807) is 11.8 Å². The molecule has 0 fully saturated rings. The Morgan fingerprint density at radius 2 is 2.07 bits per heavy atom. The van der Waals surface area contributed by atoms with Crippen molar-refractivity contribution in [3.63, 3.8) is 0 Å². The molecule has 0 saturated carbocycles. The molecule has 0 saturated heterocycles. The fourth-order valence-corrected chi connectivity index (χ4v) is 2.96. The minimum absolute atomic E-state index is 0.947. The van der Waals surface area contributed by atoms with Crippen LogP contribution in [0.25, 0.3) is 11.0 Å². The van der Waals surface area contributed by atoms with Crippen molar-refractivity contribution < 1.29 is 4.42 Å². The summed E-state index contributed by atoms with van der Waals surface area (Å²) in [4.78, 5) is 4.31. The Balaban J connectivity index is 2.65. The quantitative estimate of drug-likeness (QED) is 0.593. The molecule has 0 aromatic carbocycles. The number of fused-ring (bicyclic) bond motifs is 1. The molecule has 2 rings (SSSR count). The van der Waals surface area contributed by atoms with Gasteiger partial charge in [-0.1, -0.05) is 19.6 Å². The second-order valence-corrected chi connectivity index (χ2v) is 10.4. The predicted octanol–water partition coefficient (Wildman–Crippen LogP) is 3.09. The first kappa shape index (κ1) is 10.8. The third-order valence-corrected chi connectivity index (χ3v) is 4.74. The van der Waals surface area contributed by atoms with Crippen LogP contribution in [0.1, 0.15) is 0 Å². The van der Waals surface area contributed by atoms with Gasteiger partial charge in [0.25, 0.3) is 0 Å². The highest BCUT2D eigenvalue weighted by molar-refractivity contribution is 7.98. The SMILES string of the molecule is CSc1nccc2cc([Si](C)(C)C)oc12. The van der Waals surface area contributed by atoms with Crippen LogP contribution in [0, 0.1) is 0 Å². The maximum atomic E-state index is 5.93. The lowest BCUT2D eigenvalue weighted by Gasteiger charge is -2.10. The first-order chi connectivity index (χ1) is 7.02. The van der Waals surface area contributed by atoms with E-state index in [0.29, 0.717) is 0 Å². The average molecular weight is 237 g/mol. The molecule has 15 heavy (non-hydrogen) atoms. The second-order valence-electron chi connectivity index (χ2n) is 4.60. The zero-order valence-electron chi connectivity index (χ0n) is 9.50. The Morgan fingerprint density at radius 3 is 2.67 bits per heavy atom. The topological polar surface area (TPSA) is 26.0 Å². The standard InChI is InChI=1S/C11H15NOSSi/c1-14-11-10-8(5-6-12-11)7-9(13-10)15(2,3)4/h5-7H,1-4H3. The van der Waals surface area contributed by atoms with E-state index < -0.39 is 8.07 Å². The van der Waals surface area contributed by atoms with Crippen LogP contribution in [-0.4, -0.2) is 19.3 Å². The van der Waals surface area contributed by atoms with Crippen LogP contribution in [0.3, 0.4) is 0 Å². The van der Waals surface area contributed by atoms with Crippen LogP contribution >= 0.6 is 11.8 Å². The summed E-state index contributed by atoms with van der Waals surface area (Å²) in [6.45, 7) is 6.87. The summed E-state index contributed by atoms with van der Waals surface area (Å²) in [5.41, 5.74) is 0.947. The highest BCUT2D eigenvalue weighted by atomic mass is 32.2. The van der Waals surface area contributed by atoms with Gasteiger partial charge in [-0.25, -0.2) is 4.98 Å². The molecule has 0 N–H and O–H groups in total. The number of rotatable bonds is 2. The van der Waals surface area contributed by atoms with Crippen LogP contribution < -0.4 is 5.38 Å².